The molecule has 0 radical (unpaired) electrons. The van der Waals surface area contributed by atoms with Gasteiger partial charge in [0, 0.05) is 30.4 Å². The fourth-order valence-electron chi connectivity index (χ4n) is 1.88. The molecule has 20 heavy (non-hydrogen) atoms. The van der Waals surface area contributed by atoms with Gasteiger partial charge in [-0.2, -0.15) is 0 Å². The van der Waals surface area contributed by atoms with Crippen LogP contribution >= 0.6 is 23.2 Å². The second-order valence-corrected chi connectivity index (χ2v) is 4.72. The van der Waals surface area contributed by atoms with Crippen LogP contribution in [0.4, 0.5) is 0 Å². The number of nitrogens with one attached hydrogen (secondary N) is 1. The van der Waals surface area contributed by atoms with Crippen molar-refractivity contribution in [3.63, 3.8) is 0 Å². The lowest BCUT2D eigenvalue weighted by Gasteiger charge is -2.09. The summed E-state index contributed by atoms with van der Waals surface area (Å²) < 4.78 is 0. The fraction of sp³-hybridized carbons (Fsp3) is 0. The molecule has 0 saturated carbocycles. The van der Waals surface area contributed by atoms with Gasteiger partial charge < -0.3 is 10.1 Å². The van der Waals surface area contributed by atoms with Crippen LogP contribution in [-0.4, -0.2) is 25.0 Å². The molecule has 0 aromatic carbocycles. The van der Waals surface area contributed by atoms with Crippen LogP contribution in [0, 0.1) is 0 Å². The highest BCUT2D eigenvalue weighted by Gasteiger charge is 2.20. The zero-order valence-corrected chi connectivity index (χ0v) is 11.3. The first-order chi connectivity index (χ1) is 9.59. The highest BCUT2D eigenvalue weighted by Crippen LogP contribution is 2.38. The van der Waals surface area contributed by atoms with Crippen LogP contribution in [-0.2, 0) is 0 Å². The summed E-state index contributed by atoms with van der Waals surface area (Å²) in [5.74, 6) is -0.327. The molecular formula is C12H6Cl2N4O2. The number of hydrogen-bond donors (Lipinski definition) is 2. The van der Waals surface area contributed by atoms with Gasteiger partial charge in [0.05, 0.1) is 15.6 Å². The standard InChI is InChI=1S/C12H6Cl2N4O2/c13-5-3-15-4-6(14)7(5)8-10(19)9-11(18-12(8)20)17-2-1-16-9/h1-4H,(H2,17,18,19,20). The number of nitrogens with zero attached hydrogens (tertiary/aromatic N) is 3. The van der Waals surface area contributed by atoms with E-state index in [0.717, 1.165) is 0 Å². The number of halogens is 2. The normalized spacial score (nSPS) is 10.9. The van der Waals surface area contributed by atoms with Crippen molar-refractivity contribution in [2.24, 2.45) is 0 Å². The maximum Gasteiger partial charge on any atom is 0.261 e. The molecule has 0 unspecified atom stereocenters. The molecule has 100 valence electrons. The summed E-state index contributed by atoms with van der Waals surface area (Å²) in [5.41, 5.74) is -0.0818. The van der Waals surface area contributed by atoms with Crippen molar-refractivity contribution in [1.82, 2.24) is 19.9 Å². The van der Waals surface area contributed by atoms with Gasteiger partial charge in [0.2, 0.25) is 0 Å². The fourth-order valence-corrected chi connectivity index (χ4v) is 2.43. The highest BCUT2D eigenvalue weighted by atomic mass is 35.5. The SMILES string of the molecule is O=c1[nH]c2nccnc2c(O)c1-c1c(Cl)cncc1Cl. The van der Waals surface area contributed by atoms with Gasteiger partial charge in [-0.15, -0.1) is 0 Å². The second kappa shape index (κ2) is 4.73. The van der Waals surface area contributed by atoms with E-state index in [-0.39, 0.29) is 38.1 Å². The van der Waals surface area contributed by atoms with Crippen LogP contribution in [0.5, 0.6) is 5.75 Å². The van der Waals surface area contributed by atoms with E-state index in [9.17, 15) is 9.90 Å². The van der Waals surface area contributed by atoms with E-state index >= 15 is 0 Å². The molecule has 0 spiro atoms. The molecule has 8 heteroatoms. The Bertz CT molecular complexity index is 859. The van der Waals surface area contributed by atoms with E-state index in [2.05, 4.69) is 19.9 Å². The van der Waals surface area contributed by atoms with Gasteiger partial charge in [-0.25, -0.2) is 9.97 Å². The molecule has 0 bridgehead atoms. The predicted molar refractivity (Wildman–Crippen MR) is 75.1 cm³/mol. The van der Waals surface area contributed by atoms with Crippen LogP contribution in [0.25, 0.3) is 22.3 Å². The Morgan fingerprint density at radius 2 is 1.70 bits per heavy atom. The van der Waals surface area contributed by atoms with Crippen LogP contribution in [0.3, 0.4) is 0 Å². The van der Waals surface area contributed by atoms with Gasteiger partial charge in [0.15, 0.2) is 11.4 Å². The van der Waals surface area contributed by atoms with Crippen molar-refractivity contribution in [3.8, 4) is 16.9 Å². The Labute approximate surface area is 122 Å². The molecule has 0 amide bonds. The summed E-state index contributed by atoms with van der Waals surface area (Å²) >= 11 is 12.0. The second-order valence-electron chi connectivity index (χ2n) is 3.91. The third-order valence-electron chi connectivity index (χ3n) is 2.72. The van der Waals surface area contributed by atoms with Gasteiger partial charge in [0.25, 0.3) is 5.56 Å². The summed E-state index contributed by atoms with van der Waals surface area (Å²) in [6, 6.07) is 0. The Hall–Kier alpha value is -2.18. The minimum Gasteiger partial charge on any atom is -0.505 e. The molecule has 0 atom stereocenters. The van der Waals surface area contributed by atoms with E-state index < -0.39 is 5.56 Å². The summed E-state index contributed by atoms with van der Waals surface area (Å²) in [5, 5.41) is 10.6. The Morgan fingerprint density at radius 3 is 2.40 bits per heavy atom. The average Bonchev–Trinajstić information content (AvgIpc) is 2.42. The first-order valence-electron chi connectivity index (χ1n) is 5.45. The number of hydrogen-bond acceptors (Lipinski definition) is 5. The lowest BCUT2D eigenvalue weighted by molar-refractivity contribution is 0.481. The average molecular weight is 309 g/mol. The monoisotopic (exact) mass is 308 g/mol. The quantitative estimate of drug-likeness (QED) is 0.720. The lowest BCUT2D eigenvalue weighted by Crippen LogP contribution is -2.11. The Morgan fingerprint density at radius 1 is 1.05 bits per heavy atom. The molecule has 3 rings (SSSR count). The molecule has 3 aromatic rings. The van der Waals surface area contributed by atoms with E-state index in [4.69, 9.17) is 23.2 Å². The van der Waals surface area contributed by atoms with Crippen molar-refractivity contribution >= 4 is 34.4 Å². The number of aromatic nitrogens is 4. The minimum atomic E-state index is -0.564. The number of fused-ring (bicyclic) bond motifs is 1. The summed E-state index contributed by atoms with van der Waals surface area (Å²) in [7, 11) is 0. The Balaban J connectivity index is 2.46. The number of pyridine rings is 2. The molecule has 6 nitrogen and oxygen atoms in total. The van der Waals surface area contributed by atoms with Crippen molar-refractivity contribution in [3.05, 3.63) is 45.2 Å². The molecule has 3 heterocycles. The highest BCUT2D eigenvalue weighted by molar-refractivity contribution is 6.39. The molecule has 0 aliphatic heterocycles. The third-order valence-corrected chi connectivity index (χ3v) is 3.29. The molecular weight excluding hydrogens is 303 g/mol. The molecule has 0 aliphatic carbocycles. The van der Waals surface area contributed by atoms with Gasteiger partial charge in [-0.3, -0.25) is 9.78 Å². The zero-order valence-electron chi connectivity index (χ0n) is 9.76. The molecule has 0 fully saturated rings. The van der Waals surface area contributed by atoms with E-state index in [0.29, 0.717) is 0 Å². The van der Waals surface area contributed by atoms with Gasteiger partial charge in [-0.1, -0.05) is 23.2 Å². The summed E-state index contributed by atoms with van der Waals surface area (Å²) in [4.78, 5) is 26.4. The van der Waals surface area contributed by atoms with Crippen molar-refractivity contribution in [2.45, 2.75) is 0 Å². The summed E-state index contributed by atoms with van der Waals surface area (Å²) in [6.45, 7) is 0. The van der Waals surface area contributed by atoms with Gasteiger partial charge in [0.1, 0.15) is 5.52 Å². The molecule has 3 aromatic heterocycles. The first-order valence-corrected chi connectivity index (χ1v) is 6.20. The number of rotatable bonds is 1. The van der Waals surface area contributed by atoms with Crippen molar-refractivity contribution < 1.29 is 5.11 Å². The van der Waals surface area contributed by atoms with Crippen LogP contribution in [0.1, 0.15) is 0 Å². The van der Waals surface area contributed by atoms with E-state index in [1.807, 2.05) is 0 Å². The molecule has 2 N–H and O–H groups in total. The van der Waals surface area contributed by atoms with Crippen LogP contribution in [0.15, 0.2) is 29.6 Å². The Kier molecular flexibility index (Phi) is 3.04. The smallest absolute Gasteiger partial charge is 0.261 e. The lowest BCUT2D eigenvalue weighted by atomic mass is 10.1. The molecule has 0 saturated heterocycles. The topological polar surface area (TPSA) is 91.8 Å². The first kappa shape index (κ1) is 12.8. The largest absolute Gasteiger partial charge is 0.505 e. The molecule has 0 aliphatic rings. The van der Waals surface area contributed by atoms with E-state index in [1.54, 1.807) is 0 Å². The third kappa shape index (κ3) is 1.90. The predicted octanol–water partition coefficient (Wildman–Crippen LogP) is 2.39. The van der Waals surface area contributed by atoms with Crippen LogP contribution < -0.4 is 5.56 Å². The number of H-pyrrole nitrogens is 1. The maximum atomic E-state index is 12.1. The van der Waals surface area contributed by atoms with Crippen molar-refractivity contribution in [2.75, 3.05) is 0 Å². The number of aromatic hydroxyl groups is 1. The van der Waals surface area contributed by atoms with Crippen molar-refractivity contribution in [1.29, 1.82) is 0 Å². The summed E-state index contributed by atoms with van der Waals surface area (Å²) in [6.07, 6.45) is 5.48. The van der Waals surface area contributed by atoms with E-state index in [1.165, 1.54) is 24.8 Å². The minimum absolute atomic E-state index is 0.0598. The zero-order chi connectivity index (χ0) is 14.3. The van der Waals surface area contributed by atoms with Gasteiger partial charge >= 0.3 is 0 Å². The number of aromatic amines is 1. The van der Waals surface area contributed by atoms with Crippen LogP contribution in [0.2, 0.25) is 10.0 Å². The van der Waals surface area contributed by atoms with Gasteiger partial charge in [-0.05, 0) is 0 Å². The maximum absolute atomic E-state index is 12.1.